The van der Waals surface area contributed by atoms with Crippen molar-refractivity contribution in [3.05, 3.63) is 54.1 Å². The van der Waals surface area contributed by atoms with Crippen LogP contribution in [0, 0.1) is 0 Å². The number of rotatable bonds is 10. The van der Waals surface area contributed by atoms with Crippen molar-refractivity contribution in [3.8, 4) is 11.5 Å². The monoisotopic (exact) mass is 519 g/mol. The lowest BCUT2D eigenvalue weighted by molar-refractivity contribution is -0.139. The predicted molar refractivity (Wildman–Crippen MR) is 129 cm³/mol. The molecule has 1 heterocycles. The summed E-state index contributed by atoms with van der Waals surface area (Å²) in [6.07, 6.45) is -0.200. The van der Waals surface area contributed by atoms with Crippen molar-refractivity contribution in [1.29, 1.82) is 0 Å². The van der Waals surface area contributed by atoms with Crippen LogP contribution in [-0.4, -0.2) is 87.0 Å². The molecular weight excluding hydrogens is 490 g/mol. The fourth-order valence-corrected chi connectivity index (χ4v) is 5.41. The van der Waals surface area contributed by atoms with Gasteiger partial charge in [-0.2, -0.15) is 4.31 Å². The fraction of sp³-hybridized carbons (Fsp3) is 0.375. The lowest BCUT2D eigenvalue weighted by Crippen LogP contribution is -2.51. The molecule has 2 N–H and O–H groups in total. The summed E-state index contributed by atoms with van der Waals surface area (Å²) in [6.45, 7) is 0.444. The summed E-state index contributed by atoms with van der Waals surface area (Å²) in [5.41, 5.74) is 0.320. The molecule has 2 aromatic rings. The van der Waals surface area contributed by atoms with Gasteiger partial charge in [-0.05, 0) is 30.7 Å². The standard InChI is InChI=1S/C24H29N3O8S/c1-34-18-8-10-20(35-2)21(16-18)36(32,33)27-14-12-26(13-15-27)22(28)11-9-19(24(30)31)25-23(29)17-6-4-3-5-7-17/h3-8,10,16,19H,9,11-15H2,1-2H3,(H,25,29)(H,30,31)/t19-/m0/s1. The number of benzene rings is 2. The first-order chi connectivity index (χ1) is 17.2. The topological polar surface area (TPSA) is 143 Å². The summed E-state index contributed by atoms with van der Waals surface area (Å²) in [5, 5.41) is 11.9. The molecule has 2 amide bonds. The van der Waals surface area contributed by atoms with Crippen LogP contribution in [-0.2, 0) is 19.6 Å². The molecule has 36 heavy (non-hydrogen) atoms. The largest absolute Gasteiger partial charge is 0.497 e. The van der Waals surface area contributed by atoms with Crippen molar-refractivity contribution in [2.24, 2.45) is 0 Å². The molecule has 0 radical (unpaired) electrons. The Bertz CT molecular complexity index is 1200. The summed E-state index contributed by atoms with van der Waals surface area (Å²) in [4.78, 5) is 38.1. The SMILES string of the molecule is COc1ccc(OC)c(S(=O)(=O)N2CCN(C(=O)CC[C@H](NC(=O)c3ccccc3)C(=O)O)CC2)c1. The smallest absolute Gasteiger partial charge is 0.326 e. The average molecular weight is 520 g/mol. The molecule has 0 spiro atoms. The molecule has 12 heteroatoms. The maximum atomic E-state index is 13.2. The van der Waals surface area contributed by atoms with Gasteiger partial charge in [0.2, 0.25) is 15.9 Å². The summed E-state index contributed by atoms with van der Waals surface area (Å²) in [6, 6.07) is 11.5. The number of amides is 2. The number of carboxylic acids is 1. The van der Waals surface area contributed by atoms with Crippen LogP contribution >= 0.6 is 0 Å². The molecule has 0 aliphatic carbocycles. The molecule has 0 unspecified atom stereocenters. The zero-order valence-electron chi connectivity index (χ0n) is 20.0. The van der Waals surface area contributed by atoms with Crippen LogP contribution in [0.3, 0.4) is 0 Å². The van der Waals surface area contributed by atoms with Gasteiger partial charge in [0.25, 0.3) is 5.91 Å². The Hall–Kier alpha value is -3.64. The number of carboxylic acid groups (broad SMARTS) is 1. The van der Waals surface area contributed by atoms with E-state index in [9.17, 15) is 27.9 Å². The number of carbonyl (C=O) groups excluding carboxylic acids is 2. The van der Waals surface area contributed by atoms with E-state index in [2.05, 4.69) is 5.32 Å². The maximum absolute atomic E-state index is 13.2. The Balaban J connectivity index is 1.57. The highest BCUT2D eigenvalue weighted by Gasteiger charge is 2.33. The molecule has 1 atom stereocenters. The van der Waals surface area contributed by atoms with Gasteiger partial charge in [-0.3, -0.25) is 9.59 Å². The van der Waals surface area contributed by atoms with Gasteiger partial charge < -0.3 is 24.8 Å². The number of aliphatic carboxylic acids is 1. The zero-order valence-corrected chi connectivity index (χ0v) is 20.9. The average Bonchev–Trinajstić information content (AvgIpc) is 2.90. The minimum Gasteiger partial charge on any atom is -0.497 e. The number of hydrogen-bond acceptors (Lipinski definition) is 7. The van der Waals surface area contributed by atoms with E-state index in [1.54, 1.807) is 36.4 Å². The van der Waals surface area contributed by atoms with E-state index in [1.165, 1.54) is 35.6 Å². The molecule has 0 saturated carbocycles. The number of ether oxygens (including phenoxy) is 2. The van der Waals surface area contributed by atoms with E-state index >= 15 is 0 Å². The molecule has 2 aromatic carbocycles. The Morgan fingerprint density at radius 3 is 2.25 bits per heavy atom. The third kappa shape index (κ3) is 6.32. The fourth-order valence-electron chi connectivity index (χ4n) is 3.82. The van der Waals surface area contributed by atoms with Crippen LogP contribution in [0.4, 0.5) is 0 Å². The molecule has 0 bridgehead atoms. The van der Waals surface area contributed by atoms with E-state index in [1.807, 2.05) is 0 Å². The summed E-state index contributed by atoms with van der Waals surface area (Å²) in [5.74, 6) is -1.54. The van der Waals surface area contributed by atoms with Crippen molar-refractivity contribution < 1.29 is 37.4 Å². The number of methoxy groups -OCH3 is 2. The van der Waals surface area contributed by atoms with Crippen molar-refractivity contribution in [2.75, 3.05) is 40.4 Å². The molecule has 1 fully saturated rings. The van der Waals surface area contributed by atoms with E-state index < -0.39 is 27.9 Å². The summed E-state index contributed by atoms with van der Waals surface area (Å²) >= 11 is 0. The van der Waals surface area contributed by atoms with Crippen LogP contribution in [0.25, 0.3) is 0 Å². The number of nitrogens with one attached hydrogen (secondary N) is 1. The first-order valence-corrected chi connectivity index (χ1v) is 12.7. The summed E-state index contributed by atoms with van der Waals surface area (Å²) in [7, 11) is -1.08. The number of hydrogen-bond donors (Lipinski definition) is 2. The van der Waals surface area contributed by atoms with E-state index in [0.717, 1.165) is 0 Å². The third-order valence-electron chi connectivity index (χ3n) is 5.87. The number of nitrogens with zero attached hydrogens (tertiary/aromatic N) is 2. The second-order valence-electron chi connectivity index (χ2n) is 8.07. The Labute approximate surface area is 209 Å². The van der Waals surface area contributed by atoms with Gasteiger partial charge in [-0.25, -0.2) is 13.2 Å². The second-order valence-corrected chi connectivity index (χ2v) is 9.98. The number of carbonyl (C=O) groups is 3. The Morgan fingerprint density at radius 1 is 1.00 bits per heavy atom. The van der Waals surface area contributed by atoms with E-state index in [0.29, 0.717) is 11.3 Å². The Kier molecular flexibility index (Phi) is 8.88. The predicted octanol–water partition coefficient (Wildman–Crippen LogP) is 1.20. The van der Waals surface area contributed by atoms with Crippen molar-refractivity contribution in [2.45, 2.75) is 23.8 Å². The third-order valence-corrected chi connectivity index (χ3v) is 7.79. The first kappa shape index (κ1) is 27.0. The minimum absolute atomic E-state index is 0.0254. The van der Waals surface area contributed by atoms with Crippen LogP contribution < -0.4 is 14.8 Å². The molecule has 11 nitrogen and oxygen atoms in total. The molecule has 194 valence electrons. The van der Waals surface area contributed by atoms with Gasteiger partial charge in [0.05, 0.1) is 14.2 Å². The maximum Gasteiger partial charge on any atom is 0.326 e. The number of piperazine rings is 1. The highest BCUT2D eigenvalue weighted by molar-refractivity contribution is 7.89. The van der Waals surface area contributed by atoms with Crippen LogP contribution in [0.1, 0.15) is 23.2 Å². The van der Waals surface area contributed by atoms with Crippen molar-refractivity contribution >= 4 is 27.8 Å². The van der Waals surface area contributed by atoms with E-state index in [-0.39, 0.29) is 55.6 Å². The van der Waals surface area contributed by atoms with Gasteiger partial charge in [0.15, 0.2) is 0 Å². The highest BCUT2D eigenvalue weighted by Crippen LogP contribution is 2.31. The Morgan fingerprint density at radius 2 is 1.67 bits per heavy atom. The van der Waals surface area contributed by atoms with E-state index in [4.69, 9.17) is 9.47 Å². The van der Waals surface area contributed by atoms with Crippen molar-refractivity contribution in [1.82, 2.24) is 14.5 Å². The molecule has 0 aromatic heterocycles. The van der Waals surface area contributed by atoms with Gasteiger partial charge in [-0.15, -0.1) is 0 Å². The number of sulfonamides is 1. The van der Waals surface area contributed by atoms with Gasteiger partial charge >= 0.3 is 5.97 Å². The second kappa shape index (κ2) is 11.9. The van der Waals surface area contributed by atoms with Gasteiger partial charge in [0.1, 0.15) is 22.4 Å². The van der Waals surface area contributed by atoms with Crippen LogP contribution in [0.15, 0.2) is 53.4 Å². The quantitative estimate of drug-likeness (QED) is 0.477. The normalized spacial score (nSPS) is 15.1. The minimum atomic E-state index is -3.90. The molecule has 1 saturated heterocycles. The zero-order chi connectivity index (χ0) is 26.3. The highest BCUT2D eigenvalue weighted by atomic mass is 32.2. The molecule has 1 aliphatic rings. The lowest BCUT2D eigenvalue weighted by Gasteiger charge is -2.34. The first-order valence-electron chi connectivity index (χ1n) is 11.3. The molecule has 3 rings (SSSR count). The molecule has 1 aliphatic heterocycles. The van der Waals surface area contributed by atoms with Crippen LogP contribution in [0.2, 0.25) is 0 Å². The lowest BCUT2D eigenvalue weighted by atomic mass is 10.1. The molecular formula is C24H29N3O8S. The van der Waals surface area contributed by atoms with Gasteiger partial charge in [-0.1, -0.05) is 18.2 Å². The van der Waals surface area contributed by atoms with Crippen molar-refractivity contribution in [3.63, 3.8) is 0 Å². The summed E-state index contributed by atoms with van der Waals surface area (Å²) < 4.78 is 38.0. The van der Waals surface area contributed by atoms with Gasteiger partial charge in [0, 0.05) is 44.2 Å². The van der Waals surface area contributed by atoms with Crippen LogP contribution in [0.5, 0.6) is 11.5 Å².